The van der Waals surface area contributed by atoms with E-state index >= 15 is 0 Å². The highest BCUT2D eigenvalue weighted by molar-refractivity contribution is 5.82. The summed E-state index contributed by atoms with van der Waals surface area (Å²) in [4.78, 5) is 98.3. The van der Waals surface area contributed by atoms with Gasteiger partial charge in [0.1, 0.15) is 71.7 Å². The maximum atomic E-state index is 12.4. The number of hydrogen-bond donors (Lipinski definition) is 4. The van der Waals surface area contributed by atoms with E-state index in [-0.39, 0.29) is 117 Å². The number of rotatable bonds is 15. The lowest BCUT2D eigenvalue weighted by molar-refractivity contribution is -0.165. The first-order valence-electron chi connectivity index (χ1n) is 49.0. The van der Waals surface area contributed by atoms with E-state index in [1.165, 1.54) is 128 Å². The van der Waals surface area contributed by atoms with Crippen molar-refractivity contribution in [3.8, 4) is 0 Å². The van der Waals surface area contributed by atoms with Crippen LogP contribution in [0.2, 0.25) is 0 Å². The van der Waals surface area contributed by atoms with Crippen LogP contribution in [0.1, 0.15) is 356 Å². The molecular formula is C102H166N4O12. The standard InChI is InChI=1S/3C26H43NO3.C24H37NO3/c3*1-15(2)23(27)24(29)30-18-10-12-25(4)17(14-18)6-7-19-21-9-8-20(16(3)28)26(21,5)13-11-22(19)25;1-14(25)22(27)28-17-9-11-23(3)16(13-17)5-6-18-20-8-7-19(15(2)26)24(20,4)12-10-21(18)23/h3*15,17-23H,6-14,27H2,1-5H3;13-14,17-21H,5-12,25H2,1-4H3/t17-,18+,19?,20+,21?,22?,23-,25-,26+;17-,18+,19?,20-,21?,22?,23+,25+,26-;17-,18-,19?,20-,21?,22?,23+,25+,26-;14-,17-,18-,19+,20-,21-,23-,24+/m0110/s1. The number of nitrogens with two attached hydrogens (primary N) is 4. The Morgan fingerprint density at radius 2 is 0.576 bits per heavy atom. The van der Waals surface area contributed by atoms with Crippen molar-refractivity contribution >= 4 is 47.0 Å². The number of hydrogen-bond acceptors (Lipinski definition) is 16. The molecule has 0 heterocycles. The van der Waals surface area contributed by atoms with Crippen LogP contribution in [0.15, 0.2) is 11.6 Å². The van der Waals surface area contributed by atoms with Crippen molar-refractivity contribution in [1.29, 1.82) is 0 Å². The molecule has 15 fully saturated rings. The fraction of sp³-hybridized carbons (Fsp3) is 0.902. The normalized spacial score (nSPS) is 46.4. The van der Waals surface area contributed by atoms with Gasteiger partial charge in [0, 0.05) is 23.7 Å². The highest BCUT2D eigenvalue weighted by Crippen LogP contribution is 2.73. The number of carbonyl (C=O) groups is 8. The fourth-order valence-corrected chi connectivity index (χ4v) is 33.2. The summed E-state index contributed by atoms with van der Waals surface area (Å²) >= 11 is 0. The summed E-state index contributed by atoms with van der Waals surface area (Å²) in [7, 11) is 0. The van der Waals surface area contributed by atoms with Gasteiger partial charge >= 0.3 is 23.9 Å². The summed E-state index contributed by atoms with van der Waals surface area (Å²) in [5.41, 5.74) is 27.5. The molecule has 35 atom stereocenters. The molecule has 0 bridgehead atoms. The van der Waals surface area contributed by atoms with Gasteiger partial charge in [0.05, 0.1) is 0 Å². The first-order chi connectivity index (χ1) is 55.4. The second-order valence-corrected chi connectivity index (χ2v) is 46.7. The maximum absolute atomic E-state index is 12.4. The fourth-order valence-electron chi connectivity index (χ4n) is 33.2. The van der Waals surface area contributed by atoms with Gasteiger partial charge in [-0.25, -0.2) is 0 Å². The van der Waals surface area contributed by atoms with Gasteiger partial charge in [-0.2, -0.15) is 0 Å². The zero-order chi connectivity index (χ0) is 85.8. The van der Waals surface area contributed by atoms with Gasteiger partial charge < -0.3 is 41.9 Å². The highest BCUT2D eigenvalue weighted by atomic mass is 16.6. The number of carbonyl (C=O) groups excluding carboxylic acids is 8. The minimum atomic E-state index is -0.560. The SMILES string of the molecule is CC(=O)[C@H]1CCC2C3CC[C@@H]4C[C@@H](OC(=O)[C@@H](N)C(C)C)CC[C@]4(C)C3CC[C@@]21C.CC(=O)[C@H]1CCC2C3CC[C@@H]4C[C@H](OC(=O)[C@@H](N)C(C)C)CC[C@]4(C)C3CC[C@@]21C.CC(=O)[C@H]1CCC2C3CC[C@H]4C[C@H](OC(=O)[C@@H](N)C(C)C)CC[C@]4(C)C3CC[C@@]21C.CC(=O)[C@H]1CC[C@H]2[C@@H]3CCC4=C[C@@H](OC(=O)[C@H](C)N)CC[C@]4(C)[C@H]3CC[C@]12C. The van der Waals surface area contributed by atoms with Crippen LogP contribution in [-0.4, -0.2) is 95.6 Å². The summed E-state index contributed by atoms with van der Waals surface area (Å²) in [6, 6.07) is -2.10. The number of Topliss-reactive ketones (excluding diaryl/α,β-unsaturated/α-hetero) is 4. The van der Waals surface area contributed by atoms with E-state index in [1.807, 2.05) is 62.3 Å². The third-order valence-electron chi connectivity index (χ3n) is 40.3. The third kappa shape index (κ3) is 16.7. The van der Waals surface area contributed by atoms with Crippen molar-refractivity contribution in [2.75, 3.05) is 0 Å². The van der Waals surface area contributed by atoms with E-state index in [0.717, 1.165) is 162 Å². The molecule has 0 radical (unpaired) electrons. The molecule has 118 heavy (non-hydrogen) atoms. The lowest BCUT2D eigenvalue weighted by atomic mass is 9.44. The molecule has 16 nitrogen and oxygen atoms in total. The quantitative estimate of drug-likeness (QED) is 0.0674. The lowest BCUT2D eigenvalue weighted by Gasteiger charge is -2.61. The van der Waals surface area contributed by atoms with Gasteiger partial charge in [0.2, 0.25) is 0 Å². The number of ketones is 4. The van der Waals surface area contributed by atoms with E-state index in [4.69, 9.17) is 41.9 Å². The van der Waals surface area contributed by atoms with Gasteiger partial charge in [-0.15, -0.1) is 0 Å². The minimum absolute atomic E-state index is 0.0411. The van der Waals surface area contributed by atoms with Crippen molar-refractivity contribution in [1.82, 2.24) is 0 Å². The molecule has 666 valence electrons. The molecule has 0 aromatic rings. The number of esters is 4. The third-order valence-corrected chi connectivity index (χ3v) is 40.3. The molecule has 0 aromatic heterocycles. The molecule has 16 heteroatoms. The smallest absolute Gasteiger partial charge is 0.323 e. The van der Waals surface area contributed by atoms with Crippen LogP contribution < -0.4 is 22.9 Å². The molecule has 0 saturated heterocycles. The Bertz CT molecular complexity index is 3420. The molecular weight excluding hydrogens is 1470 g/mol. The van der Waals surface area contributed by atoms with E-state index in [1.54, 1.807) is 13.8 Å². The molecule has 9 unspecified atom stereocenters. The average Bonchev–Trinajstić information content (AvgIpc) is 1.54. The molecule has 16 rings (SSSR count). The topological polar surface area (TPSA) is 278 Å². The monoisotopic (exact) mass is 1640 g/mol. The molecule has 0 amide bonds. The van der Waals surface area contributed by atoms with Crippen molar-refractivity contribution < 1.29 is 57.3 Å². The number of fused-ring (bicyclic) bond motifs is 20. The Balaban J connectivity index is 0.000000136. The van der Waals surface area contributed by atoms with E-state index < -0.39 is 24.2 Å². The van der Waals surface area contributed by atoms with Crippen LogP contribution in [0, 0.1) is 174 Å². The first kappa shape index (κ1) is 91.8. The van der Waals surface area contributed by atoms with E-state index in [2.05, 4.69) is 61.5 Å². The van der Waals surface area contributed by atoms with Crippen LogP contribution in [0.3, 0.4) is 0 Å². The molecule has 8 N–H and O–H groups in total. The van der Waals surface area contributed by atoms with Gasteiger partial charge in [-0.3, -0.25) is 38.4 Å². The van der Waals surface area contributed by atoms with Crippen molar-refractivity contribution in [3.05, 3.63) is 11.6 Å². The average molecular weight is 1640 g/mol. The van der Waals surface area contributed by atoms with E-state index in [9.17, 15) is 38.4 Å². The summed E-state index contributed by atoms with van der Waals surface area (Å²) in [6.45, 7) is 40.5. The number of ether oxygens (including phenoxy) is 4. The molecule has 0 aromatic carbocycles. The second kappa shape index (κ2) is 35.2. The van der Waals surface area contributed by atoms with Gasteiger partial charge in [-0.1, -0.05) is 103 Å². The Hall–Kier alpha value is -3.86. The van der Waals surface area contributed by atoms with Crippen LogP contribution in [0.5, 0.6) is 0 Å². The van der Waals surface area contributed by atoms with Crippen molar-refractivity contribution in [2.24, 2.45) is 196 Å². The van der Waals surface area contributed by atoms with Gasteiger partial charge in [0.15, 0.2) is 0 Å². The van der Waals surface area contributed by atoms with Crippen LogP contribution in [-0.2, 0) is 57.3 Å². The van der Waals surface area contributed by atoms with Crippen LogP contribution >= 0.6 is 0 Å². The van der Waals surface area contributed by atoms with Crippen molar-refractivity contribution in [2.45, 2.75) is 405 Å². The molecule has 15 saturated carbocycles. The summed E-state index contributed by atoms with van der Waals surface area (Å²) in [5, 5.41) is 0. The van der Waals surface area contributed by atoms with Crippen molar-refractivity contribution in [3.63, 3.8) is 0 Å². The molecule has 16 aliphatic carbocycles. The first-order valence-corrected chi connectivity index (χ1v) is 49.0. The van der Waals surface area contributed by atoms with Crippen LogP contribution in [0.4, 0.5) is 0 Å². The largest absolute Gasteiger partial charge is 0.461 e. The van der Waals surface area contributed by atoms with Gasteiger partial charge in [-0.05, 0) is 415 Å². The second-order valence-electron chi connectivity index (χ2n) is 46.7. The van der Waals surface area contributed by atoms with E-state index in [0.29, 0.717) is 69.0 Å². The molecule has 16 aliphatic rings. The predicted octanol–water partition coefficient (Wildman–Crippen LogP) is 19.8. The minimum Gasteiger partial charge on any atom is -0.461 e. The predicted molar refractivity (Wildman–Crippen MR) is 465 cm³/mol. The molecule has 0 aliphatic heterocycles. The lowest BCUT2D eigenvalue weighted by Crippen LogP contribution is -2.54. The Morgan fingerprint density at radius 3 is 0.856 bits per heavy atom. The van der Waals surface area contributed by atoms with Gasteiger partial charge in [0.25, 0.3) is 0 Å². The summed E-state index contributed by atoms with van der Waals surface area (Å²) in [6.07, 6.45) is 42.9. The highest BCUT2D eigenvalue weighted by Gasteiger charge is 2.66. The van der Waals surface area contributed by atoms with Crippen LogP contribution in [0.25, 0.3) is 0 Å². The zero-order valence-corrected chi connectivity index (χ0v) is 77.4. The molecule has 0 spiro atoms. The summed E-state index contributed by atoms with van der Waals surface area (Å²) < 4.78 is 23.2. The maximum Gasteiger partial charge on any atom is 0.323 e. The Kier molecular flexibility index (Phi) is 27.4. The Labute approximate surface area is 713 Å². The summed E-state index contributed by atoms with van der Waals surface area (Å²) in [5.74, 6) is 13.1. The zero-order valence-electron chi connectivity index (χ0n) is 77.4. The Morgan fingerprint density at radius 1 is 0.305 bits per heavy atom. The number of allylic oxidation sites excluding steroid dienone is 1.